The van der Waals surface area contributed by atoms with E-state index in [4.69, 9.17) is 4.84 Å². The van der Waals surface area contributed by atoms with Crippen LogP contribution >= 0.6 is 0 Å². The standard InChI is InChI=1S/C8H12N4O/c1-6(2)7-3-8(11-13-7)12-5-9-4-10-12/h4-7H,3H2,1-2H3. The van der Waals surface area contributed by atoms with Gasteiger partial charge in [-0.1, -0.05) is 19.0 Å². The Kier molecular flexibility index (Phi) is 2.00. The summed E-state index contributed by atoms with van der Waals surface area (Å²) in [6.45, 7) is 4.23. The highest BCUT2D eigenvalue weighted by molar-refractivity contribution is 5.84. The van der Waals surface area contributed by atoms with Gasteiger partial charge in [-0.15, -0.1) is 0 Å². The predicted molar refractivity (Wildman–Crippen MR) is 47.2 cm³/mol. The second-order valence-electron chi connectivity index (χ2n) is 3.44. The van der Waals surface area contributed by atoms with Gasteiger partial charge in [0.05, 0.1) is 6.42 Å². The summed E-state index contributed by atoms with van der Waals surface area (Å²) >= 11 is 0. The van der Waals surface area contributed by atoms with Crippen molar-refractivity contribution in [1.82, 2.24) is 14.8 Å². The minimum atomic E-state index is 0.180. The lowest BCUT2D eigenvalue weighted by molar-refractivity contribution is 0.0521. The summed E-state index contributed by atoms with van der Waals surface area (Å²) < 4.78 is 1.64. The minimum Gasteiger partial charge on any atom is -0.390 e. The van der Waals surface area contributed by atoms with Crippen molar-refractivity contribution in [3.05, 3.63) is 12.7 Å². The van der Waals surface area contributed by atoms with Gasteiger partial charge in [0.25, 0.3) is 0 Å². The van der Waals surface area contributed by atoms with Crippen LogP contribution in [0, 0.1) is 5.92 Å². The van der Waals surface area contributed by atoms with E-state index in [1.807, 2.05) is 0 Å². The second-order valence-corrected chi connectivity index (χ2v) is 3.44. The first-order valence-corrected chi connectivity index (χ1v) is 4.35. The summed E-state index contributed by atoms with van der Waals surface area (Å²) in [6, 6.07) is 0. The lowest BCUT2D eigenvalue weighted by atomic mass is 10.0. The van der Waals surface area contributed by atoms with Gasteiger partial charge in [-0.3, -0.25) is 0 Å². The molecule has 5 nitrogen and oxygen atoms in total. The molecule has 0 spiro atoms. The molecule has 5 heteroatoms. The van der Waals surface area contributed by atoms with Crippen LogP contribution in [0.3, 0.4) is 0 Å². The van der Waals surface area contributed by atoms with Crippen molar-refractivity contribution in [3.63, 3.8) is 0 Å². The van der Waals surface area contributed by atoms with E-state index in [-0.39, 0.29) is 6.10 Å². The lowest BCUT2D eigenvalue weighted by Gasteiger charge is -2.10. The van der Waals surface area contributed by atoms with Crippen LogP contribution in [0.4, 0.5) is 0 Å². The molecule has 1 aliphatic heterocycles. The van der Waals surface area contributed by atoms with Gasteiger partial charge in [-0.25, -0.2) is 9.67 Å². The van der Waals surface area contributed by atoms with Crippen LogP contribution in [0.1, 0.15) is 20.3 Å². The van der Waals surface area contributed by atoms with Crippen molar-refractivity contribution in [2.75, 3.05) is 0 Å². The SMILES string of the molecule is CC(C)C1CC(n2cncn2)=NO1. The normalized spacial score (nSPS) is 21.8. The molecule has 1 aliphatic rings. The van der Waals surface area contributed by atoms with Gasteiger partial charge in [-0.05, 0) is 5.92 Å². The molecule has 0 aromatic carbocycles. The maximum atomic E-state index is 5.25. The number of aromatic nitrogens is 3. The third-order valence-electron chi connectivity index (χ3n) is 2.10. The second kappa shape index (κ2) is 3.16. The maximum Gasteiger partial charge on any atom is 0.174 e. The molecule has 1 aromatic heterocycles. The van der Waals surface area contributed by atoms with E-state index in [0.29, 0.717) is 5.92 Å². The number of hydrogen-bond donors (Lipinski definition) is 0. The largest absolute Gasteiger partial charge is 0.390 e. The molecule has 0 N–H and O–H groups in total. The van der Waals surface area contributed by atoms with Gasteiger partial charge in [0.1, 0.15) is 18.8 Å². The predicted octanol–water partition coefficient (Wildman–Crippen LogP) is 0.885. The number of hydrogen-bond acceptors (Lipinski definition) is 4. The smallest absolute Gasteiger partial charge is 0.174 e. The Bertz CT molecular complexity index is 304. The molecule has 0 saturated carbocycles. The Hall–Kier alpha value is -1.39. The highest BCUT2D eigenvalue weighted by atomic mass is 16.6. The molecule has 70 valence electrons. The number of rotatable bonds is 1. The van der Waals surface area contributed by atoms with Crippen molar-refractivity contribution in [3.8, 4) is 0 Å². The Labute approximate surface area is 76.4 Å². The van der Waals surface area contributed by atoms with Crippen LogP contribution in [0.2, 0.25) is 0 Å². The fourth-order valence-electron chi connectivity index (χ4n) is 1.22. The van der Waals surface area contributed by atoms with Crippen LogP contribution in [0.5, 0.6) is 0 Å². The van der Waals surface area contributed by atoms with Crippen LogP contribution in [0.25, 0.3) is 0 Å². The molecule has 0 fully saturated rings. The Morgan fingerprint density at radius 1 is 1.62 bits per heavy atom. The van der Waals surface area contributed by atoms with E-state index in [1.54, 1.807) is 11.0 Å². The van der Waals surface area contributed by atoms with Gasteiger partial charge >= 0.3 is 0 Å². The number of nitrogens with zero attached hydrogens (tertiary/aromatic N) is 4. The van der Waals surface area contributed by atoms with Gasteiger partial charge in [0, 0.05) is 0 Å². The van der Waals surface area contributed by atoms with E-state index >= 15 is 0 Å². The number of oxime groups is 1. The Morgan fingerprint density at radius 2 is 2.46 bits per heavy atom. The van der Waals surface area contributed by atoms with E-state index in [2.05, 4.69) is 29.1 Å². The molecule has 1 atom stereocenters. The zero-order chi connectivity index (χ0) is 9.26. The maximum absolute atomic E-state index is 5.25. The fourth-order valence-corrected chi connectivity index (χ4v) is 1.22. The molecule has 1 unspecified atom stereocenters. The molecule has 0 aliphatic carbocycles. The van der Waals surface area contributed by atoms with Crippen molar-refractivity contribution >= 4 is 5.84 Å². The first kappa shape index (κ1) is 8.22. The first-order chi connectivity index (χ1) is 6.27. The molecule has 1 aromatic rings. The summed E-state index contributed by atoms with van der Waals surface area (Å²) in [5.74, 6) is 1.31. The van der Waals surface area contributed by atoms with E-state index in [0.717, 1.165) is 12.3 Å². The molecular formula is C8H12N4O. The summed E-state index contributed by atoms with van der Waals surface area (Å²) in [7, 11) is 0. The molecule has 0 bridgehead atoms. The molecule has 0 radical (unpaired) electrons. The Morgan fingerprint density at radius 3 is 3.00 bits per heavy atom. The highest BCUT2D eigenvalue weighted by Gasteiger charge is 2.25. The molecular weight excluding hydrogens is 168 g/mol. The molecule has 13 heavy (non-hydrogen) atoms. The van der Waals surface area contributed by atoms with E-state index in [9.17, 15) is 0 Å². The van der Waals surface area contributed by atoms with Crippen LogP contribution < -0.4 is 0 Å². The Balaban J connectivity index is 2.06. The summed E-state index contributed by atoms with van der Waals surface area (Å²) in [5, 5.41) is 7.94. The van der Waals surface area contributed by atoms with E-state index in [1.165, 1.54) is 6.33 Å². The molecule has 2 rings (SSSR count). The van der Waals surface area contributed by atoms with Crippen molar-refractivity contribution in [1.29, 1.82) is 0 Å². The van der Waals surface area contributed by atoms with Gasteiger partial charge in [0.2, 0.25) is 0 Å². The van der Waals surface area contributed by atoms with Crippen LogP contribution in [-0.4, -0.2) is 26.7 Å². The third kappa shape index (κ3) is 1.54. The monoisotopic (exact) mass is 180 g/mol. The summed E-state index contributed by atoms with van der Waals surface area (Å²) in [6.07, 6.45) is 4.11. The fraction of sp³-hybridized carbons (Fsp3) is 0.625. The summed E-state index contributed by atoms with van der Waals surface area (Å²) in [4.78, 5) is 9.10. The van der Waals surface area contributed by atoms with E-state index < -0.39 is 0 Å². The van der Waals surface area contributed by atoms with Gasteiger partial charge in [0.15, 0.2) is 5.84 Å². The lowest BCUT2D eigenvalue weighted by Crippen LogP contribution is -2.18. The average molecular weight is 180 g/mol. The van der Waals surface area contributed by atoms with Crippen LogP contribution in [0.15, 0.2) is 17.8 Å². The quantitative estimate of drug-likeness (QED) is 0.644. The average Bonchev–Trinajstić information content (AvgIpc) is 2.75. The zero-order valence-corrected chi connectivity index (χ0v) is 7.71. The summed E-state index contributed by atoms with van der Waals surface area (Å²) in [5.41, 5.74) is 0. The topological polar surface area (TPSA) is 52.3 Å². The molecule has 0 saturated heterocycles. The zero-order valence-electron chi connectivity index (χ0n) is 7.71. The van der Waals surface area contributed by atoms with Crippen molar-refractivity contribution in [2.45, 2.75) is 26.4 Å². The van der Waals surface area contributed by atoms with Crippen molar-refractivity contribution < 1.29 is 4.84 Å². The third-order valence-corrected chi connectivity index (χ3v) is 2.10. The van der Waals surface area contributed by atoms with Crippen LogP contribution in [-0.2, 0) is 4.84 Å². The van der Waals surface area contributed by atoms with Gasteiger partial charge < -0.3 is 4.84 Å². The molecule has 0 amide bonds. The minimum absolute atomic E-state index is 0.180. The van der Waals surface area contributed by atoms with Gasteiger partial charge in [-0.2, -0.15) is 5.10 Å². The first-order valence-electron chi connectivity index (χ1n) is 4.35. The van der Waals surface area contributed by atoms with Crippen molar-refractivity contribution in [2.24, 2.45) is 11.1 Å². The molecule has 2 heterocycles. The highest BCUT2D eigenvalue weighted by Crippen LogP contribution is 2.18.